The van der Waals surface area contributed by atoms with Crippen LogP contribution in [0.2, 0.25) is 0 Å². The first kappa shape index (κ1) is 28.8. The van der Waals surface area contributed by atoms with Crippen LogP contribution >= 0.6 is 0 Å². The van der Waals surface area contributed by atoms with Crippen molar-refractivity contribution in [3.8, 4) is 0 Å². The highest BCUT2D eigenvalue weighted by atomic mass is 16.5. The summed E-state index contributed by atoms with van der Waals surface area (Å²) in [6.45, 7) is 13.4. The number of aliphatic hydroxyl groups excluding tert-OH is 1. The lowest BCUT2D eigenvalue weighted by Gasteiger charge is -2.59. The molecule has 8 unspecified atom stereocenters. The van der Waals surface area contributed by atoms with E-state index in [0.29, 0.717) is 30.4 Å². The molecule has 4 aliphatic rings. The summed E-state index contributed by atoms with van der Waals surface area (Å²) in [4.78, 5) is 65.5. The van der Waals surface area contributed by atoms with E-state index >= 15 is 0 Å². The van der Waals surface area contributed by atoms with E-state index in [-0.39, 0.29) is 66.6 Å². The Morgan fingerprint density at radius 2 is 1.63 bits per heavy atom. The molecule has 0 aliphatic heterocycles. The Balaban J connectivity index is 1.72. The Bertz CT molecular complexity index is 1130. The average Bonchev–Trinajstić information content (AvgIpc) is 3.03. The zero-order valence-corrected chi connectivity index (χ0v) is 24.2. The van der Waals surface area contributed by atoms with E-state index in [4.69, 9.17) is 4.74 Å². The maximum Gasteiger partial charge on any atom is 0.308 e. The molecule has 0 aromatic rings. The van der Waals surface area contributed by atoms with Crippen molar-refractivity contribution in [2.24, 2.45) is 45.3 Å². The molecule has 0 bridgehead atoms. The Morgan fingerprint density at radius 3 is 2.24 bits per heavy atom. The van der Waals surface area contributed by atoms with Gasteiger partial charge in [-0.05, 0) is 36.0 Å². The van der Waals surface area contributed by atoms with Crippen molar-refractivity contribution in [3.63, 3.8) is 0 Å². The fraction of sp³-hybridized carbons (Fsp3) is 0.774. The monoisotopic (exact) mass is 528 g/mol. The minimum Gasteiger partial charge on any atom is -0.469 e. The average molecular weight is 529 g/mol. The molecule has 0 aromatic heterocycles. The summed E-state index contributed by atoms with van der Waals surface area (Å²) in [7, 11) is 1.30. The molecular weight excluding hydrogens is 484 g/mol. The third-order valence-electron chi connectivity index (χ3n) is 11.6. The molecule has 210 valence electrons. The van der Waals surface area contributed by atoms with Crippen molar-refractivity contribution in [1.82, 2.24) is 0 Å². The molecule has 4 rings (SSSR count). The summed E-state index contributed by atoms with van der Waals surface area (Å²) in [6, 6.07) is 0. The number of hydrogen-bond donors (Lipinski definition) is 1. The number of rotatable bonds is 6. The van der Waals surface area contributed by atoms with E-state index in [1.807, 2.05) is 41.5 Å². The number of aliphatic hydroxyl groups is 1. The van der Waals surface area contributed by atoms with E-state index in [9.17, 15) is 29.1 Å². The third-order valence-corrected chi connectivity index (χ3v) is 11.6. The first-order valence-electron chi connectivity index (χ1n) is 14.1. The molecule has 0 radical (unpaired) electrons. The number of hydrogen-bond acceptors (Lipinski definition) is 7. The van der Waals surface area contributed by atoms with Crippen LogP contribution < -0.4 is 0 Å². The van der Waals surface area contributed by atoms with Crippen LogP contribution in [0.3, 0.4) is 0 Å². The second kappa shape index (κ2) is 9.21. The number of fused-ring (bicyclic) bond motifs is 4. The van der Waals surface area contributed by atoms with Gasteiger partial charge in [0.1, 0.15) is 11.6 Å². The zero-order chi connectivity index (χ0) is 28.6. The summed E-state index contributed by atoms with van der Waals surface area (Å²) < 4.78 is 4.75. The number of methoxy groups -OCH3 is 1. The molecule has 0 spiro atoms. The lowest BCUT2D eigenvalue weighted by atomic mass is 9.42. The second-order valence-corrected chi connectivity index (χ2v) is 13.9. The van der Waals surface area contributed by atoms with E-state index in [0.717, 1.165) is 0 Å². The molecule has 4 aliphatic carbocycles. The van der Waals surface area contributed by atoms with Gasteiger partial charge in [0.25, 0.3) is 0 Å². The molecule has 7 nitrogen and oxygen atoms in total. The highest BCUT2D eigenvalue weighted by molar-refractivity contribution is 6.12. The summed E-state index contributed by atoms with van der Waals surface area (Å²) >= 11 is 0. The summed E-state index contributed by atoms with van der Waals surface area (Å²) in [6.07, 6.45) is 1.19. The molecule has 8 atom stereocenters. The molecule has 0 amide bonds. The molecular formula is C31H44O7. The fourth-order valence-electron chi connectivity index (χ4n) is 9.12. The molecule has 2 fully saturated rings. The molecule has 0 heterocycles. The van der Waals surface area contributed by atoms with Gasteiger partial charge >= 0.3 is 5.97 Å². The highest BCUT2D eigenvalue weighted by Gasteiger charge is 2.70. The van der Waals surface area contributed by atoms with Crippen LogP contribution in [0.25, 0.3) is 0 Å². The van der Waals surface area contributed by atoms with Gasteiger partial charge in [-0.3, -0.25) is 24.0 Å². The van der Waals surface area contributed by atoms with Gasteiger partial charge in [0.2, 0.25) is 0 Å². The van der Waals surface area contributed by atoms with E-state index < -0.39 is 39.7 Å². The minimum atomic E-state index is -0.922. The number of carbonyl (C=O) groups excluding carboxylic acids is 5. The van der Waals surface area contributed by atoms with E-state index in [2.05, 4.69) is 0 Å². The van der Waals surface area contributed by atoms with Crippen molar-refractivity contribution in [2.45, 2.75) is 99.5 Å². The number of ketones is 4. The van der Waals surface area contributed by atoms with Crippen LogP contribution in [-0.4, -0.2) is 47.4 Å². The zero-order valence-electron chi connectivity index (χ0n) is 24.2. The maximum absolute atomic E-state index is 14.1. The van der Waals surface area contributed by atoms with Gasteiger partial charge in [-0.15, -0.1) is 0 Å². The number of ether oxygens (including phenoxy) is 1. The largest absolute Gasteiger partial charge is 0.469 e. The van der Waals surface area contributed by atoms with Gasteiger partial charge in [-0.1, -0.05) is 48.5 Å². The predicted molar refractivity (Wildman–Crippen MR) is 141 cm³/mol. The van der Waals surface area contributed by atoms with Gasteiger partial charge in [0.15, 0.2) is 11.6 Å². The van der Waals surface area contributed by atoms with Crippen molar-refractivity contribution >= 4 is 29.1 Å². The van der Waals surface area contributed by atoms with Gasteiger partial charge in [0, 0.05) is 59.5 Å². The highest BCUT2D eigenvalue weighted by Crippen LogP contribution is 2.70. The molecule has 7 heteroatoms. The first-order chi connectivity index (χ1) is 17.5. The molecule has 0 aromatic carbocycles. The molecule has 0 saturated heterocycles. The fourth-order valence-corrected chi connectivity index (χ4v) is 9.12. The molecule has 38 heavy (non-hydrogen) atoms. The SMILES string of the molecule is COC(=O)C(C)CC(=O)CC(C)C1CC(O)C2(C)C3=C(C(=O)CC12C)C1(C)CCC(=O)C(C)(C)C1CC3=O. The van der Waals surface area contributed by atoms with Gasteiger partial charge < -0.3 is 9.84 Å². The van der Waals surface area contributed by atoms with Crippen LogP contribution in [0.1, 0.15) is 93.4 Å². The Kier molecular flexibility index (Phi) is 6.99. The summed E-state index contributed by atoms with van der Waals surface area (Å²) in [5, 5.41) is 11.6. The van der Waals surface area contributed by atoms with Crippen molar-refractivity contribution in [1.29, 1.82) is 0 Å². The van der Waals surface area contributed by atoms with Crippen molar-refractivity contribution < 1.29 is 33.8 Å². The van der Waals surface area contributed by atoms with Gasteiger partial charge in [-0.2, -0.15) is 0 Å². The topological polar surface area (TPSA) is 115 Å². The Labute approximate surface area is 226 Å². The minimum absolute atomic E-state index is 0.0531. The number of esters is 1. The third kappa shape index (κ3) is 3.82. The van der Waals surface area contributed by atoms with Crippen LogP contribution in [-0.2, 0) is 28.7 Å². The number of allylic oxidation sites excluding steroid dienone is 1. The van der Waals surface area contributed by atoms with Crippen molar-refractivity contribution in [3.05, 3.63) is 11.1 Å². The first-order valence-corrected chi connectivity index (χ1v) is 14.1. The van der Waals surface area contributed by atoms with E-state index in [1.54, 1.807) is 6.92 Å². The van der Waals surface area contributed by atoms with Crippen LogP contribution in [0.4, 0.5) is 0 Å². The van der Waals surface area contributed by atoms with Crippen LogP contribution in [0.15, 0.2) is 11.1 Å². The Hall–Kier alpha value is -2.15. The molecule has 1 N–H and O–H groups in total. The lowest BCUT2D eigenvalue weighted by Crippen LogP contribution is -2.59. The summed E-state index contributed by atoms with van der Waals surface area (Å²) in [5.74, 6) is -1.59. The normalized spacial score (nSPS) is 39.7. The molecule has 2 saturated carbocycles. The number of carbonyl (C=O) groups is 5. The van der Waals surface area contributed by atoms with E-state index in [1.165, 1.54) is 7.11 Å². The smallest absolute Gasteiger partial charge is 0.308 e. The number of Topliss-reactive ketones (excluding diaryl/α,β-unsaturated/α-hetero) is 4. The quantitative estimate of drug-likeness (QED) is 0.507. The second-order valence-electron chi connectivity index (χ2n) is 13.9. The van der Waals surface area contributed by atoms with Gasteiger partial charge in [-0.25, -0.2) is 0 Å². The van der Waals surface area contributed by atoms with Gasteiger partial charge in [0.05, 0.1) is 19.1 Å². The summed E-state index contributed by atoms with van der Waals surface area (Å²) in [5.41, 5.74) is -1.88. The lowest BCUT2D eigenvalue weighted by molar-refractivity contribution is -0.147. The predicted octanol–water partition coefficient (Wildman–Crippen LogP) is 4.43. The standard InChI is InChI=1S/C31H44O7/c1-16(11-18(32)12-17(2)27(37)38-8)19-13-24(36)31(7)26-20(33)14-22-28(3,4)23(35)9-10-29(22,5)25(26)21(34)15-30(19,31)6/h16-17,19,22,24,36H,9-15H2,1-8H3. The Morgan fingerprint density at radius 1 is 1.00 bits per heavy atom. The maximum atomic E-state index is 14.1. The van der Waals surface area contributed by atoms with Crippen LogP contribution in [0, 0.1) is 45.3 Å². The van der Waals surface area contributed by atoms with Crippen molar-refractivity contribution in [2.75, 3.05) is 7.11 Å². The van der Waals surface area contributed by atoms with Crippen LogP contribution in [0.5, 0.6) is 0 Å².